The summed E-state index contributed by atoms with van der Waals surface area (Å²) in [6.07, 6.45) is 0. The lowest BCUT2D eigenvalue weighted by Gasteiger charge is -2.30. The van der Waals surface area contributed by atoms with Gasteiger partial charge in [-0.15, -0.1) is 0 Å². The van der Waals surface area contributed by atoms with Gasteiger partial charge >= 0.3 is 0 Å². The van der Waals surface area contributed by atoms with Gasteiger partial charge in [-0.2, -0.15) is 0 Å². The molecule has 80 valence electrons. The smallest absolute Gasteiger partial charge is 0.0733 e. The molecule has 0 aliphatic rings. The molecule has 0 aromatic heterocycles. The van der Waals surface area contributed by atoms with Crippen LogP contribution >= 0.6 is 12.9 Å². The van der Waals surface area contributed by atoms with Crippen LogP contribution in [0.5, 0.6) is 0 Å². The first-order valence-corrected chi connectivity index (χ1v) is 4.34. The van der Waals surface area contributed by atoms with Crippen molar-refractivity contribution in [2.24, 2.45) is 5.41 Å². The van der Waals surface area contributed by atoms with Crippen molar-refractivity contribution < 1.29 is 18.4 Å². The average molecular weight is 210 g/mol. The Morgan fingerprint density at radius 3 is 1.46 bits per heavy atom. The fourth-order valence-corrected chi connectivity index (χ4v) is 1.58. The highest BCUT2D eigenvalue weighted by molar-refractivity contribution is 7.75. The Morgan fingerprint density at radius 1 is 0.846 bits per heavy atom. The van der Waals surface area contributed by atoms with Gasteiger partial charge < -0.3 is 18.4 Å². The second-order valence-electron chi connectivity index (χ2n) is 3.07. The number of thiol groups is 1. The summed E-state index contributed by atoms with van der Waals surface area (Å²) in [4.78, 5) is 0. The molecule has 13 heavy (non-hydrogen) atoms. The third kappa shape index (κ3) is 4.83. The molecule has 0 aromatic rings. The zero-order chi connectivity index (χ0) is 10.2. The van der Waals surface area contributed by atoms with Gasteiger partial charge in [0.05, 0.1) is 31.8 Å². The first-order chi connectivity index (χ1) is 6.24. The van der Waals surface area contributed by atoms with Crippen LogP contribution in [0.25, 0.3) is 0 Å². The van der Waals surface area contributed by atoms with E-state index in [1.807, 2.05) is 0 Å². The van der Waals surface area contributed by atoms with Gasteiger partial charge in [-0.25, -0.2) is 0 Å². The molecule has 0 spiro atoms. The molecule has 0 amide bonds. The van der Waals surface area contributed by atoms with Crippen molar-refractivity contribution in [3.8, 4) is 0 Å². The Kier molecular flexibility index (Phi) is 7.69. The summed E-state index contributed by atoms with van der Waals surface area (Å²) < 4.78 is 20.1. The molecular weight excluding hydrogens is 192 g/mol. The van der Waals surface area contributed by atoms with Crippen molar-refractivity contribution in [1.29, 1.82) is 0 Å². The quantitative estimate of drug-likeness (QED) is 0.474. The van der Waals surface area contributed by atoms with Gasteiger partial charge in [-0.05, 0) is 12.9 Å². The third-order valence-electron chi connectivity index (χ3n) is 1.72. The van der Waals surface area contributed by atoms with Crippen molar-refractivity contribution in [3.05, 3.63) is 0 Å². The van der Waals surface area contributed by atoms with E-state index in [-0.39, 0.29) is 5.41 Å². The molecule has 4 nitrogen and oxygen atoms in total. The van der Waals surface area contributed by atoms with Crippen molar-refractivity contribution in [3.63, 3.8) is 0 Å². The zero-order valence-corrected chi connectivity index (χ0v) is 9.30. The lowest BCUT2D eigenvalue weighted by atomic mass is 9.92. The second kappa shape index (κ2) is 7.58. The van der Waals surface area contributed by atoms with E-state index in [0.717, 1.165) is 0 Å². The average Bonchev–Trinajstić information content (AvgIpc) is 2.06. The number of ether oxygens (including phenoxy) is 3. The molecule has 0 saturated carbocycles. The van der Waals surface area contributed by atoms with Crippen LogP contribution in [0.3, 0.4) is 0 Å². The summed E-state index contributed by atoms with van der Waals surface area (Å²) >= 11 is 3.73. The predicted octanol–water partition coefficient (Wildman–Crippen LogP) is 0.773. The predicted molar refractivity (Wildman–Crippen MR) is 53.0 cm³/mol. The van der Waals surface area contributed by atoms with Crippen LogP contribution in [0.2, 0.25) is 0 Å². The maximum atomic E-state index is 5.09. The maximum absolute atomic E-state index is 5.09. The van der Waals surface area contributed by atoms with Gasteiger partial charge in [0.2, 0.25) is 0 Å². The van der Waals surface area contributed by atoms with E-state index >= 15 is 0 Å². The summed E-state index contributed by atoms with van der Waals surface area (Å²) in [5, 5.41) is 0. The third-order valence-corrected chi connectivity index (χ3v) is 1.85. The number of hydrogen-bond acceptors (Lipinski definition) is 5. The van der Waals surface area contributed by atoms with Crippen LogP contribution in [0.15, 0.2) is 0 Å². The summed E-state index contributed by atoms with van der Waals surface area (Å²) in [7, 11) is 4.91. The van der Waals surface area contributed by atoms with E-state index < -0.39 is 0 Å². The largest absolute Gasteiger partial charge is 0.384 e. The molecule has 0 heterocycles. The highest BCUT2D eigenvalue weighted by atomic mass is 32.1. The standard InChI is InChI=1S/C8H18O4S/c1-9-4-8(5-10-2,6-11-3)7-12-13/h13H,4-7H2,1-3H3. The van der Waals surface area contributed by atoms with E-state index in [2.05, 4.69) is 12.9 Å². The second-order valence-corrected chi connectivity index (χ2v) is 3.33. The lowest BCUT2D eigenvalue weighted by Crippen LogP contribution is -2.40. The molecule has 5 heteroatoms. The fraction of sp³-hybridized carbons (Fsp3) is 1.00. The fourth-order valence-electron chi connectivity index (χ4n) is 1.31. The van der Waals surface area contributed by atoms with Crippen LogP contribution in [-0.2, 0) is 18.4 Å². The van der Waals surface area contributed by atoms with Crippen molar-refractivity contribution in [2.75, 3.05) is 47.8 Å². The van der Waals surface area contributed by atoms with Gasteiger partial charge in [0, 0.05) is 21.3 Å². The highest BCUT2D eigenvalue weighted by Gasteiger charge is 2.31. The number of methoxy groups -OCH3 is 3. The molecule has 0 saturated heterocycles. The summed E-state index contributed by atoms with van der Waals surface area (Å²) in [6.45, 7) is 2.01. The molecule has 0 bridgehead atoms. The van der Waals surface area contributed by atoms with Gasteiger partial charge in [-0.3, -0.25) is 0 Å². The molecule has 0 atom stereocenters. The zero-order valence-electron chi connectivity index (χ0n) is 8.41. The minimum Gasteiger partial charge on any atom is -0.384 e. The first kappa shape index (κ1) is 13.2. The Balaban J connectivity index is 4.19. The minimum atomic E-state index is -0.264. The molecular formula is C8H18O4S. The van der Waals surface area contributed by atoms with Gasteiger partial charge in [0.25, 0.3) is 0 Å². The Morgan fingerprint density at radius 2 is 1.23 bits per heavy atom. The molecule has 0 radical (unpaired) electrons. The van der Waals surface area contributed by atoms with Crippen molar-refractivity contribution in [1.82, 2.24) is 0 Å². The Hall–Kier alpha value is 0.190. The van der Waals surface area contributed by atoms with E-state index in [1.165, 1.54) is 0 Å². The topological polar surface area (TPSA) is 36.9 Å². The van der Waals surface area contributed by atoms with Crippen LogP contribution in [-0.4, -0.2) is 47.8 Å². The van der Waals surface area contributed by atoms with Crippen LogP contribution in [0.4, 0.5) is 0 Å². The molecule has 0 unspecified atom stereocenters. The summed E-state index contributed by atoms with van der Waals surface area (Å²) in [5.41, 5.74) is -0.264. The molecule has 0 aromatic carbocycles. The van der Waals surface area contributed by atoms with Gasteiger partial charge in [-0.1, -0.05) is 0 Å². The van der Waals surface area contributed by atoms with E-state index in [0.29, 0.717) is 26.4 Å². The van der Waals surface area contributed by atoms with E-state index in [4.69, 9.17) is 18.4 Å². The van der Waals surface area contributed by atoms with Crippen LogP contribution in [0.1, 0.15) is 0 Å². The molecule has 0 N–H and O–H groups in total. The van der Waals surface area contributed by atoms with Gasteiger partial charge in [0.1, 0.15) is 0 Å². The van der Waals surface area contributed by atoms with Gasteiger partial charge in [0.15, 0.2) is 0 Å². The first-order valence-electron chi connectivity index (χ1n) is 3.98. The van der Waals surface area contributed by atoms with Crippen molar-refractivity contribution >= 4 is 12.9 Å². The molecule has 0 rings (SSSR count). The maximum Gasteiger partial charge on any atom is 0.0733 e. The molecule has 0 fully saturated rings. The molecule has 0 aliphatic carbocycles. The van der Waals surface area contributed by atoms with E-state index in [1.54, 1.807) is 21.3 Å². The van der Waals surface area contributed by atoms with E-state index in [9.17, 15) is 0 Å². The SMILES string of the molecule is COCC(COC)(COC)COS. The monoisotopic (exact) mass is 210 g/mol. The van der Waals surface area contributed by atoms with Crippen LogP contribution in [0, 0.1) is 5.41 Å². The Bertz CT molecular complexity index is 91.2. The Labute approximate surface area is 85.1 Å². The van der Waals surface area contributed by atoms with Crippen LogP contribution < -0.4 is 0 Å². The number of rotatable bonds is 8. The highest BCUT2D eigenvalue weighted by Crippen LogP contribution is 2.19. The summed E-state index contributed by atoms with van der Waals surface area (Å²) in [6, 6.07) is 0. The summed E-state index contributed by atoms with van der Waals surface area (Å²) in [5.74, 6) is 0. The lowest BCUT2D eigenvalue weighted by molar-refractivity contribution is -0.0578. The number of hydrogen-bond donors (Lipinski definition) is 1. The minimum absolute atomic E-state index is 0.264. The molecule has 0 aliphatic heterocycles. The van der Waals surface area contributed by atoms with Crippen molar-refractivity contribution in [2.45, 2.75) is 0 Å². The normalized spacial score (nSPS) is 12.0.